The molecule has 1 aromatic carbocycles. The van der Waals surface area contributed by atoms with Crippen molar-refractivity contribution in [3.63, 3.8) is 0 Å². The van der Waals surface area contributed by atoms with Gasteiger partial charge >= 0.3 is 0 Å². The van der Waals surface area contributed by atoms with Crippen LogP contribution in [0.25, 0.3) is 0 Å². The Morgan fingerprint density at radius 2 is 1.96 bits per heavy atom. The minimum Gasteiger partial charge on any atom is -0.352 e. The van der Waals surface area contributed by atoms with E-state index >= 15 is 0 Å². The van der Waals surface area contributed by atoms with Gasteiger partial charge in [0.15, 0.2) is 0 Å². The summed E-state index contributed by atoms with van der Waals surface area (Å²) in [6.07, 6.45) is 1.75. The number of carbonyl (C=O) groups excluding carboxylic acids is 2. The smallest absolute Gasteiger partial charge is 0.251 e. The molecule has 26 heavy (non-hydrogen) atoms. The van der Waals surface area contributed by atoms with Gasteiger partial charge in [-0.1, -0.05) is 28.9 Å². The number of nitrogens with one attached hydrogen (secondary N) is 2. The summed E-state index contributed by atoms with van der Waals surface area (Å²) in [6.45, 7) is 2.56. The third-order valence-electron chi connectivity index (χ3n) is 4.17. The molecule has 0 aliphatic carbocycles. The first-order valence-corrected chi connectivity index (χ1v) is 11.0. The standard InChI is InChI=1S/C17H24BrN3O4S/c1-2-10-26(24,25)21-8-6-15(7-9-21)20-16(22)12-19-17(23)13-4-3-5-14(18)11-13/h3-5,11,15H,2,6-10,12H2,1H3,(H,19,23)(H,20,22). The van der Waals surface area contributed by atoms with E-state index in [0.29, 0.717) is 37.9 Å². The van der Waals surface area contributed by atoms with E-state index < -0.39 is 10.0 Å². The molecule has 1 aromatic rings. The van der Waals surface area contributed by atoms with E-state index in [1.165, 1.54) is 4.31 Å². The van der Waals surface area contributed by atoms with Gasteiger partial charge in [0.05, 0.1) is 12.3 Å². The molecule has 0 saturated carbocycles. The van der Waals surface area contributed by atoms with Crippen molar-refractivity contribution in [3.05, 3.63) is 34.3 Å². The highest BCUT2D eigenvalue weighted by Gasteiger charge is 2.27. The maximum atomic E-state index is 12.0. The molecule has 1 saturated heterocycles. The summed E-state index contributed by atoms with van der Waals surface area (Å²) >= 11 is 3.30. The van der Waals surface area contributed by atoms with Crippen molar-refractivity contribution in [3.8, 4) is 0 Å². The van der Waals surface area contributed by atoms with E-state index in [1.54, 1.807) is 18.2 Å². The SMILES string of the molecule is CCCS(=O)(=O)N1CCC(NC(=O)CNC(=O)c2cccc(Br)c2)CC1. The number of piperidine rings is 1. The highest BCUT2D eigenvalue weighted by molar-refractivity contribution is 9.10. The van der Waals surface area contributed by atoms with Gasteiger partial charge in [0, 0.05) is 29.2 Å². The molecule has 2 rings (SSSR count). The molecule has 1 heterocycles. The van der Waals surface area contributed by atoms with Crippen LogP contribution in [0.1, 0.15) is 36.5 Å². The largest absolute Gasteiger partial charge is 0.352 e. The van der Waals surface area contributed by atoms with Crippen LogP contribution in [0.3, 0.4) is 0 Å². The molecule has 9 heteroatoms. The van der Waals surface area contributed by atoms with Crippen molar-refractivity contribution in [2.45, 2.75) is 32.2 Å². The van der Waals surface area contributed by atoms with Crippen molar-refractivity contribution in [2.24, 2.45) is 0 Å². The second-order valence-corrected chi connectivity index (χ2v) is 9.25. The van der Waals surface area contributed by atoms with Crippen molar-refractivity contribution in [2.75, 3.05) is 25.4 Å². The van der Waals surface area contributed by atoms with E-state index in [4.69, 9.17) is 0 Å². The monoisotopic (exact) mass is 445 g/mol. The molecule has 2 amide bonds. The summed E-state index contributed by atoms with van der Waals surface area (Å²) in [6, 6.07) is 6.85. The first kappa shape index (κ1) is 20.9. The topological polar surface area (TPSA) is 95.6 Å². The number of sulfonamides is 1. The number of hydrogen-bond donors (Lipinski definition) is 2. The van der Waals surface area contributed by atoms with Crippen LogP contribution in [-0.2, 0) is 14.8 Å². The molecule has 1 aliphatic rings. The van der Waals surface area contributed by atoms with Crippen LogP contribution in [0.2, 0.25) is 0 Å². The van der Waals surface area contributed by atoms with Crippen LogP contribution >= 0.6 is 15.9 Å². The quantitative estimate of drug-likeness (QED) is 0.664. The molecule has 7 nitrogen and oxygen atoms in total. The third-order valence-corrected chi connectivity index (χ3v) is 6.74. The number of nitrogens with zero attached hydrogens (tertiary/aromatic N) is 1. The number of hydrogen-bond acceptors (Lipinski definition) is 4. The number of carbonyl (C=O) groups is 2. The van der Waals surface area contributed by atoms with Gasteiger partial charge in [-0.25, -0.2) is 12.7 Å². The predicted molar refractivity (Wildman–Crippen MR) is 103 cm³/mol. The number of benzene rings is 1. The van der Waals surface area contributed by atoms with Gasteiger partial charge in [0.2, 0.25) is 15.9 Å². The molecule has 0 aromatic heterocycles. The predicted octanol–water partition coefficient (Wildman–Crippen LogP) is 1.50. The van der Waals surface area contributed by atoms with E-state index in [-0.39, 0.29) is 30.2 Å². The zero-order valence-electron chi connectivity index (χ0n) is 14.7. The molecule has 0 spiro atoms. The molecular weight excluding hydrogens is 422 g/mol. The normalized spacial score (nSPS) is 16.2. The van der Waals surface area contributed by atoms with Crippen molar-refractivity contribution in [1.29, 1.82) is 0 Å². The zero-order chi connectivity index (χ0) is 19.2. The number of rotatable bonds is 7. The molecule has 0 unspecified atom stereocenters. The van der Waals surface area contributed by atoms with Crippen molar-refractivity contribution < 1.29 is 18.0 Å². The Kier molecular flexibility index (Phi) is 7.60. The summed E-state index contributed by atoms with van der Waals surface area (Å²) in [5.74, 6) is -0.434. The van der Waals surface area contributed by atoms with Crippen LogP contribution < -0.4 is 10.6 Å². The maximum absolute atomic E-state index is 12.0. The molecule has 2 N–H and O–H groups in total. The van der Waals surface area contributed by atoms with Gasteiger partial charge in [0.25, 0.3) is 5.91 Å². The number of halogens is 1. The average Bonchev–Trinajstić information content (AvgIpc) is 2.60. The molecule has 1 fully saturated rings. The zero-order valence-corrected chi connectivity index (χ0v) is 17.1. The van der Waals surface area contributed by atoms with Gasteiger partial charge < -0.3 is 10.6 Å². The van der Waals surface area contributed by atoms with Crippen LogP contribution in [0.4, 0.5) is 0 Å². The second kappa shape index (κ2) is 9.48. The van der Waals surface area contributed by atoms with Gasteiger partial charge in [0.1, 0.15) is 0 Å². The van der Waals surface area contributed by atoms with E-state index in [1.807, 2.05) is 13.0 Å². The Labute approximate surface area is 162 Å². The lowest BCUT2D eigenvalue weighted by Crippen LogP contribution is -2.49. The van der Waals surface area contributed by atoms with Crippen LogP contribution in [0.15, 0.2) is 28.7 Å². The third kappa shape index (κ3) is 6.07. The van der Waals surface area contributed by atoms with Crippen LogP contribution in [0, 0.1) is 0 Å². The lowest BCUT2D eigenvalue weighted by molar-refractivity contribution is -0.121. The van der Waals surface area contributed by atoms with E-state index in [0.717, 1.165) is 4.47 Å². The average molecular weight is 446 g/mol. The first-order chi connectivity index (χ1) is 12.3. The highest BCUT2D eigenvalue weighted by atomic mass is 79.9. The fraction of sp³-hybridized carbons (Fsp3) is 0.529. The first-order valence-electron chi connectivity index (χ1n) is 8.63. The van der Waals surface area contributed by atoms with Gasteiger partial charge in [-0.15, -0.1) is 0 Å². The Balaban J connectivity index is 1.75. The molecular formula is C17H24BrN3O4S. The Bertz CT molecular complexity index is 746. The highest BCUT2D eigenvalue weighted by Crippen LogP contribution is 2.15. The summed E-state index contributed by atoms with van der Waals surface area (Å²) in [7, 11) is -3.18. The molecule has 0 bridgehead atoms. The van der Waals surface area contributed by atoms with E-state index in [9.17, 15) is 18.0 Å². The summed E-state index contributed by atoms with van der Waals surface area (Å²) < 4.78 is 26.4. The Morgan fingerprint density at radius 1 is 1.27 bits per heavy atom. The maximum Gasteiger partial charge on any atom is 0.251 e. The second-order valence-electron chi connectivity index (χ2n) is 6.25. The van der Waals surface area contributed by atoms with Gasteiger partial charge in [-0.05, 0) is 37.5 Å². The molecule has 1 aliphatic heterocycles. The van der Waals surface area contributed by atoms with Gasteiger partial charge in [-0.2, -0.15) is 0 Å². The number of amides is 2. The van der Waals surface area contributed by atoms with Crippen LogP contribution in [0.5, 0.6) is 0 Å². The van der Waals surface area contributed by atoms with Gasteiger partial charge in [-0.3, -0.25) is 9.59 Å². The van der Waals surface area contributed by atoms with Crippen molar-refractivity contribution >= 4 is 37.8 Å². The lowest BCUT2D eigenvalue weighted by Gasteiger charge is -2.31. The summed E-state index contributed by atoms with van der Waals surface area (Å²) in [5, 5.41) is 5.44. The molecule has 0 radical (unpaired) electrons. The molecule has 0 atom stereocenters. The summed E-state index contributed by atoms with van der Waals surface area (Å²) in [5.41, 5.74) is 0.474. The fourth-order valence-electron chi connectivity index (χ4n) is 2.84. The van der Waals surface area contributed by atoms with Crippen molar-refractivity contribution in [1.82, 2.24) is 14.9 Å². The van der Waals surface area contributed by atoms with E-state index in [2.05, 4.69) is 26.6 Å². The Morgan fingerprint density at radius 3 is 2.58 bits per heavy atom. The summed E-state index contributed by atoms with van der Waals surface area (Å²) in [4.78, 5) is 24.1. The molecule has 144 valence electrons. The lowest BCUT2D eigenvalue weighted by atomic mass is 10.1. The fourth-order valence-corrected chi connectivity index (χ4v) is 4.78. The minimum absolute atomic E-state index is 0.0710. The minimum atomic E-state index is -3.18. The Hall–Kier alpha value is -1.45. The van der Waals surface area contributed by atoms with Crippen LogP contribution in [-0.4, -0.2) is 56.0 Å².